The molecule has 1 aliphatic carbocycles. The minimum atomic E-state index is -0.229. The Hall–Kier alpha value is -1.43. The van der Waals surface area contributed by atoms with Crippen LogP contribution in [0.4, 0.5) is 0 Å². The zero-order chi connectivity index (χ0) is 14.7. The van der Waals surface area contributed by atoms with Crippen LogP contribution in [0.1, 0.15) is 44.9 Å². The van der Waals surface area contributed by atoms with Crippen LogP contribution < -0.4 is 0 Å². The van der Waals surface area contributed by atoms with Crippen LogP contribution in [0.5, 0.6) is 0 Å². The Morgan fingerprint density at radius 1 is 1.24 bits per heavy atom. The molecule has 1 saturated carbocycles. The number of hydrogen-bond acceptors (Lipinski definition) is 4. The maximum absolute atomic E-state index is 12.5. The standard InChI is InChI=1S/C15H24N4O2/c20-14-6-2-1-4-12(14)13-5-3-9-19(13)15(21)7-10-18-11-8-16-17-18/h8,11-14,20H,1-7,9-10H2/t12-,13+,14-/m0/s1. The van der Waals surface area contributed by atoms with Gasteiger partial charge in [0.1, 0.15) is 0 Å². The van der Waals surface area contributed by atoms with Crippen molar-refractivity contribution in [2.75, 3.05) is 6.54 Å². The molecule has 1 aromatic rings. The van der Waals surface area contributed by atoms with Gasteiger partial charge in [0.05, 0.1) is 18.8 Å². The lowest BCUT2D eigenvalue weighted by atomic mass is 9.80. The predicted octanol–water partition coefficient (Wildman–Crippen LogP) is 1.21. The number of rotatable bonds is 4. The molecule has 2 heterocycles. The molecule has 3 atom stereocenters. The lowest BCUT2D eigenvalue weighted by Crippen LogP contribution is -2.45. The number of aliphatic hydroxyl groups excluding tert-OH is 1. The zero-order valence-corrected chi connectivity index (χ0v) is 12.4. The molecular weight excluding hydrogens is 268 g/mol. The second-order valence-electron chi connectivity index (χ2n) is 6.23. The zero-order valence-electron chi connectivity index (χ0n) is 12.4. The van der Waals surface area contributed by atoms with E-state index in [0.717, 1.165) is 38.6 Å². The van der Waals surface area contributed by atoms with Gasteiger partial charge in [-0.3, -0.25) is 9.48 Å². The molecule has 21 heavy (non-hydrogen) atoms. The highest BCUT2D eigenvalue weighted by Gasteiger charge is 2.38. The summed E-state index contributed by atoms with van der Waals surface area (Å²) in [6.07, 6.45) is 9.97. The molecule has 2 fully saturated rings. The van der Waals surface area contributed by atoms with E-state index in [2.05, 4.69) is 10.3 Å². The highest BCUT2D eigenvalue weighted by atomic mass is 16.3. The summed E-state index contributed by atoms with van der Waals surface area (Å²) in [4.78, 5) is 14.5. The predicted molar refractivity (Wildman–Crippen MR) is 77.3 cm³/mol. The van der Waals surface area contributed by atoms with E-state index in [9.17, 15) is 9.90 Å². The van der Waals surface area contributed by atoms with Gasteiger partial charge < -0.3 is 10.0 Å². The summed E-state index contributed by atoms with van der Waals surface area (Å²) in [5.74, 6) is 0.461. The van der Waals surface area contributed by atoms with Gasteiger partial charge in [0.25, 0.3) is 0 Å². The summed E-state index contributed by atoms with van der Waals surface area (Å²) >= 11 is 0. The molecule has 6 nitrogen and oxygen atoms in total. The number of aryl methyl sites for hydroxylation is 1. The van der Waals surface area contributed by atoms with Crippen molar-refractivity contribution in [2.24, 2.45) is 5.92 Å². The SMILES string of the molecule is O=C(CCn1ccnn1)N1CCC[C@@H]1[C@@H]1CCCC[C@@H]1O. The summed E-state index contributed by atoms with van der Waals surface area (Å²) in [7, 11) is 0. The summed E-state index contributed by atoms with van der Waals surface area (Å²) < 4.78 is 1.69. The molecule has 1 amide bonds. The molecule has 0 aromatic carbocycles. The van der Waals surface area contributed by atoms with E-state index in [0.29, 0.717) is 13.0 Å². The van der Waals surface area contributed by atoms with Crippen LogP contribution in [0.2, 0.25) is 0 Å². The van der Waals surface area contributed by atoms with Crippen LogP contribution >= 0.6 is 0 Å². The number of likely N-dealkylation sites (tertiary alicyclic amines) is 1. The van der Waals surface area contributed by atoms with Crippen molar-refractivity contribution in [1.82, 2.24) is 19.9 Å². The van der Waals surface area contributed by atoms with Gasteiger partial charge in [0.15, 0.2) is 0 Å². The van der Waals surface area contributed by atoms with Crippen LogP contribution in [0.25, 0.3) is 0 Å². The average molecular weight is 292 g/mol. The minimum absolute atomic E-state index is 0.186. The topological polar surface area (TPSA) is 71.2 Å². The van der Waals surface area contributed by atoms with Crippen LogP contribution in [0, 0.1) is 5.92 Å². The second-order valence-corrected chi connectivity index (χ2v) is 6.23. The van der Waals surface area contributed by atoms with Crippen molar-refractivity contribution in [3.05, 3.63) is 12.4 Å². The van der Waals surface area contributed by atoms with Crippen LogP contribution in [-0.4, -0.2) is 49.6 Å². The lowest BCUT2D eigenvalue weighted by Gasteiger charge is -2.37. The Morgan fingerprint density at radius 2 is 2.10 bits per heavy atom. The smallest absolute Gasteiger partial charge is 0.224 e. The first kappa shape index (κ1) is 14.5. The Kier molecular flexibility index (Phi) is 4.53. The molecule has 1 N–H and O–H groups in total. The van der Waals surface area contributed by atoms with Crippen molar-refractivity contribution in [3.8, 4) is 0 Å². The van der Waals surface area contributed by atoms with Crippen molar-refractivity contribution < 1.29 is 9.90 Å². The largest absolute Gasteiger partial charge is 0.393 e. The minimum Gasteiger partial charge on any atom is -0.393 e. The summed E-state index contributed by atoms with van der Waals surface area (Å²) in [5, 5.41) is 17.9. The van der Waals surface area contributed by atoms with Crippen LogP contribution in [0.3, 0.4) is 0 Å². The number of carbonyl (C=O) groups excluding carboxylic acids is 1. The van der Waals surface area contributed by atoms with Gasteiger partial charge in [-0.15, -0.1) is 5.10 Å². The number of carbonyl (C=O) groups is 1. The van der Waals surface area contributed by atoms with Gasteiger partial charge in [0, 0.05) is 31.1 Å². The first-order chi connectivity index (χ1) is 10.3. The average Bonchev–Trinajstić information content (AvgIpc) is 3.16. The Bertz CT molecular complexity index is 462. The first-order valence-electron chi connectivity index (χ1n) is 8.07. The maximum atomic E-state index is 12.5. The van der Waals surface area contributed by atoms with E-state index in [4.69, 9.17) is 0 Å². The second kappa shape index (κ2) is 6.56. The normalized spacial score (nSPS) is 29.8. The van der Waals surface area contributed by atoms with Gasteiger partial charge in [0.2, 0.25) is 5.91 Å². The van der Waals surface area contributed by atoms with E-state index >= 15 is 0 Å². The van der Waals surface area contributed by atoms with Crippen LogP contribution in [-0.2, 0) is 11.3 Å². The van der Waals surface area contributed by atoms with E-state index in [1.165, 1.54) is 6.42 Å². The lowest BCUT2D eigenvalue weighted by molar-refractivity contribution is -0.134. The van der Waals surface area contributed by atoms with Gasteiger partial charge >= 0.3 is 0 Å². The molecule has 1 saturated heterocycles. The number of aliphatic hydroxyl groups is 1. The number of aromatic nitrogens is 3. The molecule has 1 aromatic heterocycles. The van der Waals surface area contributed by atoms with E-state index in [-0.39, 0.29) is 24.0 Å². The Labute approximate surface area is 125 Å². The molecule has 3 rings (SSSR count). The van der Waals surface area contributed by atoms with Crippen molar-refractivity contribution in [2.45, 2.75) is 63.6 Å². The van der Waals surface area contributed by atoms with Crippen molar-refractivity contribution in [1.29, 1.82) is 0 Å². The molecule has 116 valence electrons. The Balaban J connectivity index is 1.59. The monoisotopic (exact) mass is 292 g/mol. The summed E-state index contributed by atoms with van der Waals surface area (Å²) in [6, 6.07) is 0.239. The molecule has 2 aliphatic rings. The summed E-state index contributed by atoms with van der Waals surface area (Å²) in [5.41, 5.74) is 0. The molecule has 0 spiro atoms. The third-order valence-electron chi connectivity index (χ3n) is 4.92. The van der Waals surface area contributed by atoms with Gasteiger partial charge in [-0.05, 0) is 25.7 Å². The molecule has 6 heteroatoms. The van der Waals surface area contributed by atoms with Crippen LogP contribution in [0.15, 0.2) is 12.4 Å². The highest BCUT2D eigenvalue weighted by Crippen LogP contribution is 2.34. The molecular formula is C15H24N4O2. The Morgan fingerprint density at radius 3 is 2.86 bits per heavy atom. The number of nitrogens with zero attached hydrogens (tertiary/aromatic N) is 4. The highest BCUT2D eigenvalue weighted by molar-refractivity contribution is 5.76. The van der Waals surface area contributed by atoms with E-state index < -0.39 is 0 Å². The number of hydrogen-bond donors (Lipinski definition) is 1. The number of amides is 1. The van der Waals surface area contributed by atoms with Crippen molar-refractivity contribution in [3.63, 3.8) is 0 Å². The first-order valence-corrected chi connectivity index (χ1v) is 8.07. The summed E-state index contributed by atoms with van der Waals surface area (Å²) in [6.45, 7) is 1.42. The fourth-order valence-corrected chi connectivity index (χ4v) is 3.84. The van der Waals surface area contributed by atoms with Gasteiger partial charge in [-0.1, -0.05) is 18.1 Å². The molecule has 0 bridgehead atoms. The van der Waals surface area contributed by atoms with E-state index in [1.54, 1.807) is 17.1 Å². The molecule has 0 unspecified atom stereocenters. The van der Waals surface area contributed by atoms with Crippen molar-refractivity contribution >= 4 is 5.91 Å². The fraction of sp³-hybridized carbons (Fsp3) is 0.800. The third-order valence-corrected chi connectivity index (χ3v) is 4.92. The van der Waals surface area contributed by atoms with Gasteiger partial charge in [-0.2, -0.15) is 0 Å². The van der Waals surface area contributed by atoms with Gasteiger partial charge in [-0.25, -0.2) is 0 Å². The molecule has 1 aliphatic heterocycles. The third kappa shape index (κ3) is 3.26. The van der Waals surface area contributed by atoms with E-state index in [1.807, 2.05) is 4.90 Å². The quantitative estimate of drug-likeness (QED) is 0.905. The molecule has 0 radical (unpaired) electrons. The maximum Gasteiger partial charge on any atom is 0.224 e. The fourth-order valence-electron chi connectivity index (χ4n) is 3.84.